The number of aromatic nitrogens is 5. The van der Waals surface area contributed by atoms with Crippen LogP contribution in [0.4, 0.5) is 5.82 Å². The largest absolute Gasteiger partial charge is 0.394 e. The lowest BCUT2D eigenvalue weighted by molar-refractivity contribution is -0.587. The van der Waals surface area contributed by atoms with E-state index < -0.39 is 21.3 Å². The lowest BCUT2D eigenvalue weighted by Gasteiger charge is -2.18. The second-order valence-electron chi connectivity index (χ2n) is 10.7. The Labute approximate surface area is 227 Å². The van der Waals surface area contributed by atoms with Crippen molar-refractivity contribution in [3.63, 3.8) is 0 Å². The zero-order chi connectivity index (χ0) is 27.6. The van der Waals surface area contributed by atoms with Crippen molar-refractivity contribution in [2.45, 2.75) is 38.1 Å². The molecule has 0 aliphatic carbocycles. The van der Waals surface area contributed by atoms with Crippen LogP contribution in [0, 0.1) is 11.6 Å². The van der Waals surface area contributed by atoms with Gasteiger partial charge in [0.25, 0.3) is 5.35 Å². The molecule has 1 aliphatic rings. The molecule has 0 spiro atoms. The van der Waals surface area contributed by atoms with E-state index in [9.17, 15) is 13.5 Å². The fourth-order valence-electron chi connectivity index (χ4n) is 4.57. The third kappa shape index (κ3) is 5.86. The molecule has 1 aliphatic heterocycles. The van der Waals surface area contributed by atoms with Crippen molar-refractivity contribution in [1.29, 1.82) is 0 Å². The molecular formula is C29H31N6O3S+. The number of nitrogens with one attached hydrogen (secondary N) is 1. The molecule has 5 rings (SSSR count). The van der Waals surface area contributed by atoms with E-state index >= 15 is 0 Å². The monoisotopic (exact) mass is 543 g/mol. The highest BCUT2D eigenvalue weighted by Crippen LogP contribution is 2.25. The lowest BCUT2D eigenvalue weighted by atomic mass is 10.0. The van der Waals surface area contributed by atoms with E-state index in [1.165, 1.54) is 6.20 Å². The van der Waals surface area contributed by atoms with Crippen LogP contribution in [0.5, 0.6) is 0 Å². The van der Waals surface area contributed by atoms with Gasteiger partial charge in [-0.05, 0) is 33.5 Å². The van der Waals surface area contributed by atoms with E-state index in [0.29, 0.717) is 29.3 Å². The van der Waals surface area contributed by atoms with Crippen molar-refractivity contribution in [3.05, 3.63) is 96.0 Å². The van der Waals surface area contributed by atoms with Crippen molar-refractivity contribution in [2.75, 3.05) is 17.7 Å². The van der Waals surface area contributed by atoms with E-state index in [0.717, 1.165) is 16.5 Å². The molecule has 1 aromatic carbocycles. The van der Waals surface area contributed by atoms with Crippen LogP contribution in [0.3, 0.4) is 0 Å². The van der Waals surface area contributed by atoms with Gasteiger partial charge in [-0.25, -0.2) is 8.42 Å². The molecule has 0 bridgehead atoms. The molecule has 0 amide bonds. The third-order valence-corrected chi connectivity index (χ3v) is 8.43. The number of anilines is 1. The maximum atomic E-state index is 13.1. The van der Waals surface area contributed by atoms with Gasteiger partial charge < -0.3 is 10.4 Å². The SMILES string of the molecule is CC(C)(C)CS(=O)(=O)c1cncc(-c2nc(NC(CO)c3ccccn3)c3[n+](n2)=CCC=3c2ccccc2)c1. The predicted octanol–water partition coefficient (Wildman–Crippen LogP) is 2.80. The minimum atomic E-state index is -3.57. The summed E-state index contributed by atoms with van der Waals surface area (Å²) in [4.78, 5) is 13.6. The molecule has 0 fully saturated rings. The average Bonchev–Trinajstić information content (AvgIpc) is 3.36. The zero-order valence-corrected chi connectivity index (χ0v) is 22.9. The van der Waals surface area contributed by atoms with Gasteiger partial charge in [-0.3, -0.25) is 9.97 Å². The average molecular weight is 544 g/mol. The molecule has 0 saturated heterocycles. The molecule has 200 valence electrons. The minimum Gasteiger partial charge on any atom is -0.394 e. The fourth-order valence-corrected chi connectivity index (χ4v) is 6.41. The maximum Gasteiger partial charge on any atom is 0.284 e. The number of sulfone groups is 1. The molecule has 10 heteroatoms. The summed E-state index contributed by atoms with van der Waals surface area (Å²) in [5.74, 6) is 0.800. The number of nitrogens with zero attached hydrogens (tertiary/aromatic N) is 5. The molecule has 1 unspecified atom stereocenters. The molecule has 0 radical (unpaired) electrons. The van der Waals surface area contributed by atoms with Crippen molar-refractivity contribution >= 4 is 21.2 Å². The first-order valence-corrected chi connectivity index (χ1v) is 14.4. The van der Waals surface area contributed by atoms with Crippen LogP contribution in [0.15, 0.2) is 78.1 Å². The van der Waals surface area contributed by atoms with Gasteiger partial charge in [-0.1, -0.05) is 57.2 Å². The smallest absolute Gasteiger partial charge is 0.284 e. The zero-order valence-electron chi connectivity index (χ0n) is 22.1. The first kappa shape index (κ1) is 26.6. The number of rotatable bonds is 8. The van der Waals surface area contributed by atoms with Crippen molar-refractivity contribution in [2.24, 2.45) is 5.41 Å². The van der Waals surface area contributed by atoms with Gasteiger partial charge in [0.2, 0.25) is 11.6 Å². The van der Waals surface area contributed by atoms with Crippen LogP contribution in [0.1, 0.15) is 44.5 Å². The number of pyridine rings is 2. The van der Waals surface area contributed by atoms with Crippen LogP contribution in [-0.2, 0) is 9.84 Å². The molecule has 39 heavy (non-hydrogen) atoms. The molecule has 1 atom stereocenters. The van der Waals surface area contributed by atoms with Gasteiger partial charge in [0.1, 0.15) is 0 Å². The fraction of sp³-hybridized carbons (Fsp3) is 0.276. The summed E-state index contributed by atoms with van der Waals surface area (Å²) in [6.45, 7) is 5.45. The summed E-state index contributed by atoms with van der Waals surface area (Å²) in [7, 11) is -3.57. The van der Waals surface area contributed by atoms with Gasteiger partial charge >= 0.3 is 0 Å². The van der Waals surface area contributed by atoms with E-state index in [1.807, 2.05) is 75.5 Å². The summed E-state index contributed by atoms with van der Waals surface area (Å²) >= 11 is 0. The quantitative estimate of drug-likeness (QED) is 0.325. The Balaban J connectivity index is 1.66. The molecule has 3 aromatic heterocycles. The van der Waals surface area contributed by atoms with Crippen LogP contribution in [0.25, 0.3) is 17.0 Å². The van der Waals surface area contributed by atoms with Gasteiger partial charge in [-0.15, -0.1) is 0 Å². The molecule has 0 saturated carbocycles. The first-order valence-electron chi connectivity index (χ1n) is 12.7. The number of hydrogen-bond acceptors (Lipinski definition) is 8. The number of aliphatic hydroxyl groups is 1. The van der Waals surface area contributed by atoms with Crippen LogP contribution in [0.2, 0.25) is 0 Å². The van der Waals surface area contributed by atoms with Gasteiger partial charge in [-0.2, -0.15) is 4.98 Å². The summed E-state index contributed by atoms with van der Waals surface area (Å²) in [5, 5.41) is 19.1. The van der Waals surface area contributed by atoms with E-state index in [1.54, 1.807) is 22.8 Å². The van der Waals surface area contributed by atoms with Gasteiger partial charge in [0.05, 0.1) is 35.4 Å². The third-order valence-electron chi connectivity index (χ3n) is 6.24. The molecule has 9 nitrogen and oxygen atoms in total. The van der Waals surface area contributed by atoms with Crippen LogP contribution in [-0.4, -0.2) is 45.9 Å². The minimum absolute atomic E-state index is 0.0108. The van der Waals surface area contributed by atoms with E-state index in [2.05, 4.69) is 15.3 Å². The molecule has 4 heterocycles. The number of hydrogen-bond donors (Lipinski definition) is 2. The second-order valence-corrected chi connectivity index (χ2v) is 12.7. The normalized spacial score (nSPS) is 14.0. The Hall–Kier alpha value is -4.02. The highest BCUT2D eigenvalue weighted by Gasteiger charge is 2.28. The number of benzene rings is 1. The first-order chi connectivity index (χ1) is 18.6. The summed E-state index contributed by atoms with van der Waals surface area (Å²) in [6, 6.07) is 16.6. The second kappa shape index (κ2) is 10.6. The Kier molecular flexibility index (Phi) is 7.24. The Morgan fingerprint density at radius 2 is 1.82 bits per heavy atom. The van der Waals surface area contributed by atoms with Crippen molar-refractivity contribution in [3.8, 4) is 11.4 Å². The van der Waals surface area contributed by atoms with Crippen LogP contribution >= 0.6 is 0 Å². The van der Waals surface area contributed by atoms with E-state index in [4.69, 9.17) is 10.1 Å². The summed E-state index contributed by atoms with van der Waals surface area (Å²) in [5.41, 5.74) is 2.80. The van der Waals surface area contributed by atoms with Crippen LogP contribution < -0.4 is 15.0 Å². The van der Waals surface area contributed by atoms with Gasteiger partial charge in [0.15, 0.2) is 16.1 Å². The Bertz CT molecular complexity index is 1720. The van der Waals surface area contributed by atoms with Crippen molar-refractivity contribution < 1.29 is 17.9 Å². The Morgan fingerprint density at radius 1 is 1.05 bits per heavy atom. The summed E-state index contributed by atoms with van der Waals surface area (Å²) < 4.78 is 27.9. The highest BCUT2D eigenvalue weighted by atomic mass is 32.2. The van der Waals surface area contributed by atoms with Crippen molar-refractivity contribution in [1.82, 2.24) is 20.1 Å². The molecule has 4 aromatic rings. The Morgan fingerprint density at radius 3 is 2.51 bits per heavy atom. The molecule has 2 N–H and O–H groups in total. The topological polar surface area (TPSA) is 124 Å². The van der Waals surface area contributed by atoms with Gasteiger partial charge in [0, 0.05) is 34.8 Å². The maximum absolute atomic E-state index is 13.1. The number of fused-ring (bicyclic) bond motifs is 1. The van der Waals surface area contributed by atoms with E-state index in [-0.39, 0.29) is 17.3 Å². The molecular weight excluding hydrogens is 512 g/mol. The highest BCUT2D eigenvalue weighted by molar-refractivity contribution is 7.91. The standard InChI is InChI=1S/C29H31N6O3S/c1-29(2,3)19-39(37,38)22-15-21(16-30-17-22)27-33-28(32-25(18-36)24-11-7-8-13-31-24)26-23(12-14-35(26)34-27)20-9-5-4-6-10-20/h4-11,13-17,25,36H,12,18-19H2,1-3H3,(H,32,33,34)/q+1. The lowest BCUT2D eigenvalue weighted by Crippen LogP contribution is -2.43. The summed E-state index contributed by atoms with van der Waals surface area (Å²) in [6.07, 6.45) is 7.18. The predicted molar refractivity (Wildman–Crippen MR) is 148 cm³/mol. The number of aliphatic hydroxyl groups excluding tert-OH is 1.